The van der Waals surface area contributed by atoms with Crippen LogP contribution in [0.15, 0.2) is 34.7 Å². The van der Waals surface area contributed by atoms with Crippen LogP contribution in [0, 0.1) is 0 Å². The van der Waals surface area contributed by atoms with Crippen LogP contribution in [0.25, 0.3) is 0 Å². The summed E-state index contributed by atoms with van der Waals surface area (Å²) in [5.74, 6) is 0.277. The highest BCUT2D eigenvalue weighted by Gasteiger charge is 2.48. The number of piperidine rings is 1. The first-order valence-corrected chi connectivity index (χ1v) is 9.07. The number of fused-ring (bicyclic) bond motifs is 2. The van der Waals surface area contributed by atoms with Gasteiger partial charge in [0.1, 0.15) is 6.04 Å². The number of aromatic nitrogens is 2. The Bertz CT molecular complexity index is 847. The maximum absolute atomic E-state index is 12.0. The summed E-state index contributed by atoms with van der Waals surface area (Å²) in [7, 11) is -4.97. The molecule has 4 heterocycles. The quantitative estimate of drug-likeness (QED) is 0.535. The topological polar surface area (TPSA) is 143 Å². The Kier molecular flexibility index (Phi) is 5.15. The van der Waals surface area contributed by atoms with E-state index in [1.54, 1.807) is 6.21 Å². The van der Waals surface area contributed by atoms with E-state index >= 15 is 0 Å². The first-order chi connectivity index (χ1) is 12.3. The van der Waals surface area contributed by atoms with Gasteiger partial charge in [0.15, 0.2) is 0 Å². The van der Waals surface area contributed by atoms with Crippen molar-refractivity contribution in [1.29, 1.82) is 0 Å². The van der Waals surface area contributed by atoms with Gasteiger partial charge in [0.2, 0.25) is 28.9 Å². The zero-order valence-corrected chi connectivity index (χ0v) is 14.6. The molecule has 2 saturated heterocycles. The Morgan fingerprint density at radius 1 is 1.38 bits per heavy atom. The van der Waals surface area contributed by atoms with E-state index in [-0.39, 0.29) is 12.4 Å². The fraction of sp³-hybridized carbons (Fsp3) is 0.429. The van der Waals surface area contributed by atoms with Gasteiger partial charge in [-0.2, -0.15) is 9.35 Å². The summed E-state index contributed by atoms with van der Waals surface area (Å²) >= 11 is 0. The first-order valence-electron chi connectivity index (χ1n) is 7.74. The van der Waals surface area contributed by atoms with Crippen LogP contribution < -0.4 is 4.99 Å². The number of aliphatic imine (C=N–C) groups is 1. The van der Waals surface area contributed by atoms with Gasteiger partial charge in [-0.15, -0.1) is 10.2 Å². The van der Waals surface area contributed by atoms with Crippen LogP contribution in [-0.4, -0.2) is 58.0 Å². The van der Waals surface area contributed by atoms with E-state index in [1.807, 2.05) is 25.2 Å². The Morgan fingerprint density at radius 2 is 2.19 bits per heavy atom. The highest BCUT2D eigenvalue weighted by Crippen LogP contribution is 2.37. The van der Waals surface area contributed by atoms with Gasteiger partial charge in [0.25, 0.3) is 5.70 Å². The Labute approximate surface area is 149 Å². The van der Waals surface area contributed by atoms with Gasteiger partial charge < -0.3 is 13.9 Å². The number of hydroxylamine groups is 2. The maximum atomic E-state index is 12.0. The van der Waals surface area contributed by atoms with Crippen LogP contribution in [0.2, 0.25) is 0 Å². The number of urea groups is 1. The molecule has 11 nitrogen and oxygen atoms in total. The van der Waals surface area contributed by atoms with Gasteiger partial charge in [-0.3, -0.25) is 0 Å². The van der Waals surface area contributed by atoms with Crippen LogP contribution in [0.4, 0.5) is 4.79 Å². The molecule has 1 aromatic rings. The first kappa shape index (κ1) is 18.2. The van der Waals surface area contributed by atoms with Gasteiger partial charge >= 0.3 is 6.03 Å². The van der Waals surface area contributed by atoms with Crippen LogP contribution in [-0.2, 0) is 14.7 Å². The van der Waals surface area contributed by atoms with Crippen LogP contribution in [0.5, 0.6) is 0 Å². The van der Waals surface area contributed by atoms with Crippen molar-refractivity contribution in [3.05, 3.63) is 36.2 Å². The molecular weight excluding hydrogens is 366 g/mol. The number of nitrogens with zero attached hydrogens (tertiary/aromatic N) is 5. The van der Waals surface area contributed by atoms with Crippen molar-refractivity contribution < 1.29 is 26.5 Å². The lowest BCUT2D eigenvalue weighted by Gasteiger charge is -2.27. The van der Waals surface area contributed by atoms with Crippen molar-refractivity contribution in [3.63, 3.8) is 0 Å². The van der Waals surface area contributed by atoms with Crippen molar-refractivity contribution in [2.75, 3.05) is 6.54 Å². The molecule has 26 heavy (non-hydrogen) atoms. The molecule has 3 aliphatic rings. The van der Waals surface area contributed by atoms with E-state index in [4.69, 9.17) is 4.42 Å². The van der Waals surface area contributed by atoms with Crippen LogP contribution in [0.3, 0.4) is 0 Å². The molecule has 2 bridgehead atoms. The maximum Gasteiger partial charge on any atom is 0.346 e. The van der Waals surface area contributed by atoms with Crippen molar-refractivity contribution >= 4 is 22.6 Å². The normalized spacial score (nSPS) is 24.4. The Hall–Kier alpha value is -2.57. The molecule has 0 saturated carbocycles. The minimum Gasteiger partial charge on any atom is -0.724 e. The number of rotatable bonds is 3. The zero-order valence-electron chi connectivity index (χ0n) is 13.8. The minimum absolute atomic E-state index is 0.251. The Balaban J connectivity index is 0.000000236. The molecule has 2 fully saturated rings. The number of allylic oxidation sites excluding steroid dienone is 4. The van der Waals surface area contributed by atoms with Gasteiger partial charge in [-0.1, -0.05) is 0 Å². The number of amides is 2. The highest BCUT2D eigenvalue weighted by molar-refractivity contribution is 7.80. The number of carbonyl (C=O) groups is 1. The molecule has 2 atom stereocenters. The summed E-state index contributed by atoms with van der Waals surface area (Å²) in [5, 5.41) is 7.89. The molecule has 1 radical (unpaired) electrons. The standard InChI is InChI=1S/C8H10N4O6S.C6H7N/c13-8-11-3-5(12(8)18-19(14,15)16)1-2-6(11)7-10-9-4-17-7;1-6-4-2-3-5-7-6/h4-6H,1-3H2,(H,14,15,16);2-5H,1H3/q;+1/p-1/t5-,6+;/m1./s1. The second-order valence-electron chi connectivity index (χ2n) is 5.74. The lowest BCUT2D eigenvalue weighted by Crippen LogP contribution is -2.35. The molecular formula is C14H16N5O6S. The van der Waals surface area contributed by atoms with E-state index in [0.29, 0.717) is 17.9 Å². The van der Waals surface area contributed by atoms with Crippen molar-refractivity contribution in [2.45, 2.75) is 31.8 Å². The third-order valence-electron chi connectivity index (χ3n) is 3.97. The Morgan fingerprint density at radius 3 is 2.73 bits per heavy atom. The minimum atomic E-state index is -4.97. The van der Waals surface area contributed by atoms with Gasteiger partial charge in [0.05, 0.1) is 11.0 Å². The second kappa shape index (κ2) is 7.35. The molecule has 0 N–H and O–H groups in total. The summed E-state index contributed by atoms with van der Waals surface area (Å²) in [5.41, 5.74) is 1.07. The second-order valence-corrected chi connectivity index (χ2v) is 6.70. The molecule has 1 aromatic heterocycles. The molecule has 0 aliphatic carbocycles. The van der Waals surface area contributed by atoms with Crippen LogP contribution in [0.1, 0.15) is 31.7 Å². The predicted molar refractivity (Wildman–Crippen MR) is 85.9 cm³/mol. The number of hydrogen-bond donors (Lipinski definition) is 0. The molecule has 0 aromatic carbocycles. The van der Waals surface area contributed by atoms with E-state index in [1.165, 1.54) is 4.90 Å². The summed E-state index contributed by atoms with van der Waals surface area (Å²) in [4.78, 5) is 17.3. The van der Waals surface area contributed by atoms with Crippen molar-refractivity contribution in [3.8, 4) is 0 Å². The summed E-state index contributed by atoms with van der Waals surface area (Å²) < 4.78 is 41.0. The molecule has 0 spiro atoms. The number of hydrogen-bond acceptors (Lipinski definition) is 9. The van der Waals surface area contributed by atoms with Gasteiger partial charge in [-0.25, -0.2) is 13.2 Å². The predicted octanol–water partition coefficient (Wildman–Crippen LogP) is 0.269. The molecule has 4 rings (SSSR count). The summed E-state index contributed by atoms with van der Waals surface area (Å²) in [6.45, 7) is 2.22. The zero-order chi connectivity index (χ0) is 18.7. The molecule has 2 amide bonds. The van der Waals surface area contributed by atoms with E-state index < -0.39 is 28.5 Å². The fourth-order valence-electron chi connectivity index (χ4n) is 2.86. The third-order valence-corrected chi connectivity index (χ3v) is 4.31. The highest BCUT2D eigenvalue weighted by atomic mass is 32.3. The van der Waals surface area contributed by atoms with Gasteiger partial charge in [-0.05, 0) is 18.9 Å². The van der Waals surface area contributed by atoms with E-state index in [9.17, 15) is 17.8 Å². The van der Waals surface area contributed by atoms with Crippen molar-refractivity contribution in [2.24, 2.45) is 0 Å². The van der Waals surface area contributed by atoms with Gasteiger partial charge in [0, 0.05) is 25.6 Å². The largest absolute Gasteiger partial charge is 0.724 e. The van der Waals surface area contributed by atoms with Crippen LogP contribution >= 0.6 is 0 Å². The smallest absolute Gasteiger partial charge is 0.346 e. The molecule has 139 valence electrons. The third kappa shape index (κ3) is 4.15. The lowest BCUT2D eigenvalue weighted by molar-refractivity contribution is -0.0328. The monoisotopic (exact) mass is 382 g/mol. The average molecular weight is 382 g/mol. The fourth-order valence-corrected chi connectivity index (χ4v) is 3.24. The van der Waals surface area contributed by atoms with Crippen molar-refractivity contribution in [1.82, 2.24) is 25.2 Å². The SMILES string of the molecule is CC1=CC=CC=[N+]1.O=C1N2C[C@@H](CC[C@H]2c2nnco2)N1OS(=O)(=O)[O-]. The average Bonchev–Trinajstić information content (AvgIpc) is 3.20. The van der Waals surface area contributed by atoms with E-state index in [0.717, 1.165) is 12.1 Å². The number of carbonyl (C=O) groups excluding carboxylic acids is 1. The lowest BCUT2D eigenvalue weighted by atomic mass is 10.0. The summed E-state index contributed by atoms with van der Waals surface area (Å²) in [6, 6.07) is -1.57. The molecule has 12 heteroatoms. The molecule has 0 unspecified atom stereocenters. The molecule has 3 aliphatic heterocycles. The van der Waals surface area contributed by atoms with E-state index in [2.05, 4.69) is 19.5 Å². The summed E-state index contributed by atoms with van der Waals surface area (Å²) in [6.07, 6.45) is 9.80.